The van der Waals surface area contributed by atoms with Gasteiger partial charge in [-0.2, -0.15) is 0 Å². The van der Waals surface area contributed by atoms with Crippen molar-refractivity contribution in [3.63, 3.8) is 0 Å². The smallest absolute Gasteiger partial charge is 0.128 e. The second-order valence-electron chi connectivity index (χ2n) is 4.21. The fourth-order valence-electron chi connectivity index (χ4n) is 2.03. The Morgan fingerprint density at radius 3 is 2.53 bits per heavy atom. The van der Waals surface area contributed by atoms with E-state index in [0.717, 1.165) is 5.56 Å². The molecular formula is C15H14Cl2FN. The van der Waals surface area contributed by atoms with E-state index in [-0.39, 0.29) is 11.9 Å². The number of hydrogen-bond donors (Lipinski definition) is 1. The summed E-state index contributed by atoms with van der Waals surface area (Å²) in [4.78, 5) is 0. The Labute approximate surface area is 122 Å². The maximum Gasteiger partial charge on any atom is 0.128 e. The third-order valence-corrected chi connectivity index (χ3v) is 3.33. The molecule has 0 aromatic heterocycles. The molecule has 0 aliphatic carbocycles. The van der Waals surface area contributed by atoms with E-state index in [0.29, 0.717) is 22.2 Å². The van der Waals surface area contributed by atoms with E-state index in [9.17, 15) is 4.39 Å². The van der Waals surface area contributed by atoms with Crippen LogP contribution in [0, 0.1) is 5.82 Å². The highest BCUT2D eigenvalue weighted by Gasteiger charge is 2.17. The topological polar surface area (TPSA) is 12.0 Å². The summed E-state index contributed by atoms with van der Waals surface area (Å²) in [7, 11) is 0. The molecule has 0 aliphatic rings. The van der Waals surface area contributed by atoms with Gasteiger partial charge in [-0.05, 0) is 42.4 Å². The number of hydrogen-bond acceptors (Lipinski definition) is 1. The highest BCUT2D eigenvalue weighted by atomic mass is 35.5. The molecule has 2 aromatic rings. The molecule has 0 bridgehead atoms. The molecule has 1 unspecified atom stereocenters. The van der Waals surface area contributed by atoms with Crippen molar-refractivity contribution in [3.05, 3.63) is 69.5 Å². The van der Waals surface area contributed by atoms with Crippen LogP contribution in [0.25, 0.3) is 0 Å². The second kappa shape index (κ2) is 6.38. The maximum absolute atomic E-state index is 14.0. The zero-order chi connectivity index (χ0) is 13.8. The Kier molecular flexibility index (Phi) is 4.81. The highest BCUT2D eigenvalue weighted by Crippen LogP contribution is 2.28. The lowest BCUT2D eigenvalue weighted by Crippen LogP contribution is -2.23. The van der Waals surface area contributed by atoms with Crippen molar-refractivity contribution in [2.24, 2.45) is 0 Å². The number of rotatable bonds is 4. The van der Waals surface area contributed by atoms with E-state index in [2.05, 4.69) is 5.32 Å². The minimum absolute atomic E-state index is 0.262. The zero-order valence-corrected chi connectivity index (χ0v) is 12.0. The fourth-order valence-corrected chi connectivity index (χ4v) is 2.41. The molecular weight excluding hydrogens is 284 g/mol. The molecule has 0 aliphatic heterocycles. The molecule has 19 heavy (non-hydrogen) atoms. The first-order chi connectivity index (χ1) is 9.11. The summed E-state index contributed by atoms with van der Waals surface area (Å²) in [6.07, 6.45) is 0. The van der Waals surface area contributed by atoms with E-state index < -0.39 is 0 Å². The molecule has 0 fully saturated rings. The van der Waals surface area contributed by atoms with Crippen molar-refractivity contribution in [3.8, 4) is 0 Å². The fraction of sp³-hybridized carbons (Fsp3) is 0.200. The first-order valence-electron chi connectivity index (χ1n) is 6.05. The quantitative estimate of drug-likeness (QED) is 0.852. The van der Waals surface area contributed by atoms with Gasteiger partial charge in [0, 0.05) is 15.6 Å². The summed E-state index contributed by atoms with van der Waals surface area (Å²) < 4.78 is 14.0. The Hall–Kier alpha value is -1.09. The van der Waals surface area contributed by atoms with E-state index in [1.54, 1.807) is 18.2 Å². The number of benzene rings is 2. The van der Waals surface area contributed by atoms with Gasteiger partial charge >= 0.3 is 0 Å². The van der Waals surface area contributed by atoms with Crippen molar-refractivity contribution in [2.45, 2.75) is 13.0 Å². The van der Waals surface area contributed by atoms with Crippen LogP contribution in [0.15, 0.2) is 42.5 Å². The summed E-state index contributed by atoms with van der Waals surface area (Å²) in [5.41, 5.74) is 1.44. The van der Waals surface area contributed by atoms with Crippen LogP contribution in [0.4, 0.5) is 4.39 Å². The van der Waals surface area contributed by atoms with Gasteiger partial charge in [0.05, 0.1) is 6.04 Å². The average molecular weight is 298 g/mol. The highest BCUT2D eigenvalue weighted by molar-refractivity contribution is 6.31. The van der Waals surface area contributed by atoms with Crippen molar-refractivity contribution in [2.75, 3.05) is 6.54 Å². The van der Waals surface area contributed by atoms with E-state index in [1.807, 2.05) is 25.1 Å². The van der Waals surface area contributed by atoms with Crippen LogP contribution < -0.4 is 5.32 Å². The predicted octanol–water partition coefficient (Wildman–Crippen LogP) is 4.83. The van der Waals surface area contributed by atoms with Crippen LogP contribution in [0.1, 0.15) is 24.1 Å². The van der Waals surface area contributed by atoms with Crippen molar-refractivity contribution in [1.82, 2.24) is 5.32 Å². The Morgan fingerprint density at radius 2 is 1.84 bits per heavy atom. The molecule has 100 valence electrons. The molecule has 4 heteroatoms. The van der Waals surface area contributed by atoms with Gasteiger partial charge in [-0.1, -0.05) is 42.3 Å². The van der Waals surface area contributed by atoms with Crippen LogP contribution >= 0.6 is 23.2 Å². The molecule has 0 amide bonds. The second-order valence-corrected chi connectivity index (χ2v) is 5.08. The predicted molar refractivity (Wildman–Crippen MR) is 78.4 cm³/mol. The Morgan fingerprint density at radius 1 is 1.11 bits per heavy atom. The van der Waals surface area contributed by atoms with Crippen molar-refractivity contribution in [1.29, 1.82) is 0 Å². The first-order valence-corrected chi connectivity index (χ1v) is 6.81. The summed E-state index contributed by atoms with van der Waals surface area (Å²) in [6, 6.07) is 11.7. The minimum Gasteiger partial charge on any atom is -0.306 e. The lowest BCUT2D eigenvalue weighted by molar-refractivity contribution is 0.559. The largest absolute Gasteiger partial charge is 0.306 e. The normalized spacial score (nSPS) is 12.4. The zero-order valence-electron chi connectivity index (χ0n) is 10.5. The maximum atomic E-state index is 14.0. The first kappa shape index (κ1) is 14.3. The molecule has 1 nitrogen and oxygen atoms in total. The van der Waals surface area contributed by atoms with Crippen LogP contribution in [0.5, 0.6) is 0 Å². The van der Waals surface area contributed by atoms with Gasteiger partial charge in [0.2, 0.25) is 0 Å². The lowest BCUT2D eigenvalue weighted by atomic mass is 9.98. The standard InChI is InChI=1S/C15H14Cl2FN/c1-2-19-15(10-4-3-5-11(16)8-10)13-9-12(17)6-7-14(13)18/h3-9,15,19H,2H2,1H3. The number of nitrogens with one attached hydrogen (secondary N) is 1. The molecule has 0 saturated heterocycles. The molecule has 0 radical (unpaired) electrons. The van der Waals surface area contributed by atoms with Crippen molar-refractivity contribution >= 4 is 23.2 Å². The van der Waals surface area contributed by atoms with E-state index in [4.69, 9.17) is 23.2 Å². The van der Waals surface area contributed by atoms with Crippen LogP contribution in [-0.2, 0) is 0 Å². The molecule has 0 heterocycles. The van der Waals surface area contributed by atoms with Gasteiger partial charge in [-0.3, -0.25) is 0 Å². The molecule has 2 aromatic carbocycles. The van der Waals surface area contributed by atoms with Gasteiger partial charge in [-0.25, -0.2) is 4.39 Å². The SMILES string of the molecule is CCNC(c1cccc(Cl)c1)c1cc(Cl)ccc1F. The van der Waals surface area contributed by atoms with Gasteiger partial charge in [0.25, 0.3) is 0 Å². The van der Waals surface area contributed by atoms with Crippen molar-refractivity contribution < 1.29 is 4.39 Å². The molecule has 1 N–H and O–H groups in total. The Bertz CT molecular complexity index is 572. The summed E-state index contributed by atoms with van der Waals surface area (Å²) in [5.74, 6) is -0.282. The average Bonchev–Trinajstić information content (AvgIpc) is 2.39. The van der Waals surface area contributed by atoms with Gasteiger partial charge < -0.3 is 5.32 Å². The van der Waals surface area contributed by atoms with Gasteiger partial charge in [0.15, 0.2) is 0 Å². The number of halogens is 3. The third-order valence-electron chi connectivity index (χ3n) is 2.86. The summed E-state index contributed by atoms with van der Waals surface area (Å²) in [5, 5.41) is 4.40. The Balaban J connectivity index is 2.48. The molecule has 0 spiro atoms. The molecule has 1 atom stereocenters. The van der Waals surface area contributed by atoms with E-state index in [1.165, 1.54) is 6.07 Å². The third kappa shape index (κ3) is 3.47. The van der Waals surface area contributed by atoms with Gasteiger partial charge in [-0.15, -0.1) is 0 Å². The summed E-state index contributed by atoms with van der Waals surface area (Å²) >= 11 is 12.0. The summed E-state index contributed by atoms with van der Waals surface area (Å²) in [6.45, 7) is 2.68. The molecule has 2 rings (SSSR count). The van der Waals surface area contributed by atoms with Gasteiger partial charge in [0.1, 0.15) is 5.82 Å². The van der Waals surface area contributed by atoms with Crippen LogP contribution in [0.2, 0.25) is 10.0 Å². The van der Waals surface area contributed by atoms with Crippen LogP contribution in [0.3, 0.4) is 0 Å². The van der Waals surface area contributed by atoms with Crippen LogP contribution in [-0.4, -0.2) is 6.54 Å². The monoisotopic (exact) mass is 297 g/mol. The van der Waals surface area contributed by atoms with E-state index >= 15 is 0 Å². The minimum atomic E-state index is -0.282. The lowest BCUT2D eigenvalue weighted by Gasteiger charge is -2.20. The molecule has 0 saturated carbocycles.